The van der Waals surface area contributed by atoms with Crippen LogP contribution in [-0.4, -0.2) is 53.3 Å². The molecule has 0 amide bonds. The predicted octanol–water partition coefficient (Wildman–Crippen LogP) is 6.64. The molecule has 30 heavy (non-hydrogen) atoms. The third kappa shape index (κ3) is 22.6. The SMILES string of the molecule is CCCCCCCCCCCCCCCCCCN(OC(=O)CC)OC(=O)CC.[NaH]. The molecule has 0 aliphatic rings. The van der Waals surface area contributed by atoms with Crippen molar-refractivity contribution in [3.8, 4) is 0 Å². The molecule has 0 heterocycles. The zero-order valence-corrected chi connectivity index (χ0v) is 19.5. The summed E-state index contributed by atoms with van der Waals surface area (Å²) in [5.41, 5.74) is 0. The number of hydrogen-bond acceptors (Lipinski definition) is 5. The molecule has 0 aromatic carbocycles. The molecule has 0 saturated heterocycles. The molecule has 0 saturated carbocycles. The van der Waals surface area contributed by atoms with Crippen LogP contribution in [0.4, 0.5) is 0 Å². The van der Waals surface area contributed by atoms with Crippen molar-refractivity contribution in [1.82, 2.24) is 5.23 Å². The zero-order valence-electron chi connectivity index (χ0n) is 19.5. The zero-order chi connectivity index (χ0) is 21.6. The molecular weight excluding hydrogens is 389 g/mol. The molecule has 0 radical (unpaired) electrons. The number of unbranched alkanes of at least 4 members (excludes halogenated alkanes) is 15. The van der Waals surface area contributed by atoms with Gasteiger partial charge in [-0.3, -0.25) is 9.59 Å². The molecule has 0 bridgehead atoms. The van der Waals surface area contributed by atoms with E-state index in [1.807, 2.05) is 0 Å². The standard InChI is InChI=1S/C24H47NO4.Na.H/c1-4-7-8-9-10-11-12-13-14-15-16-17-18-19-20-21-22-25(28-23(26)5-2)29-24(27)6-3;;/h4-22H2,1-3H3;;. The van der Waals surface area contributed by atoms with Gasteiger partial charge in [0.05, 0.1) is 6.54 Å². The van der Waals surface area contributed by atoms with E-state index in [-0.39, 0.29) is 54.3 Å². The summed E-state index contributed by atoms with van der Waals surface area (Å²) in [4.78, 5) is 32.9. The molecule has 0 atom stereocenters. The third-order valence-corrected chi connectivity index (χ3v) is 5.18. The fourth-order valence-electron chi connectivity index (χ4n) is 3.26. The van der Waals surface area contributed by atoms with Crippen molar-refractivity contribution in [3.63, 3.8) is 0 Å². The summed E-state index contributed by atoms with van der Waals surface area (Å²) in [5.74, 6) is -0.768. The third-order valence-electron chi connectivity index (χ3n) is 5.18. The van der Waals surface area contributed by atoms with Crippen molar-refractivity contribution in [2.45, 2.75) is 136 Å². The molecule has 0 aliphatic carbocycles. The van der Waals surface area contributed by atoms with E-state index in [2.05, 4.69) is 6.92 Å². The number of carbonyl (C=O) groups excluding carboxylic acids is 2. The molecule has 6 heteroatoms. The molecule has 174 valence electrons. The summed E-state index contributed by atoms with van der Waals surface area (Å²) >= 11 is 0. The Labute approximate surface area is 208 Å². The van der Waals surface area contributed by atoms with E-state index in [9.17, 15) is 9.59 Å². The minimum absolute atomic E-state index is 0. The summed E-state index contributed by atoms with van der Waals surface area (Å²) in [5, 5.41) is 1.06. The molecule has 0 N–H and O–H groups in total. The Balaban J connectivity index is 0. The van der Waals surface area contributed by atoms with Crippen LogP contribution in [0, 0.1) is 0 Å². The van der Waals surface area contributed by atoms with Crippen LogP contribution in [0.3, 0.4) is 0 Å². The van der Waals surface area contributed by atoms with E-state index < -0.39 is 0 Å². The summed E-state index contributed by atoms with van der Waals surface area (Å²) in [7, 11) is 0. The van der Waals surface area contributed by atoms with E-state index in [0.717, 1.165) is 18.1 Å². The number of hydroxylamine groups is 2. The number of carbonyl (C=O) groups is 2. The van der Waals surface area contributed by atoms with E-state index in [0.29, 0.717) is 6.54 Å². The topological polar surface area (TPSA) is 55.8 Å². The second-order valence-corrected chi connectivity index (χ2v) is 7.99. The van der Waals surface area contributed by atoms with Crippen molar-refractivity contribution in [3.05, 3.63) is 0 Å². The molecule has 5 nitrogen and oxygen atoms in total. The fraction of sp³-hybridized carbons (Fsp3) is 0.917. The molecule has 0 fully saturated rings. The van der Waals surface area contributed by atoms with Crippen molar-refractivity contribution < 1.29 is 19.3 Å². The van der Waals surface area contributed by atoms with Crippen LogP contribution in [0.1, 0.15) is 136 Å². The molecule has 0 aromatic heterocycles. The van der Waals surface area contributed by atoms with Gasteiger partial charge in [-0.25, -0.2) is 0 Å². The Kier molecular flexibility index (Phi) is 26.9. The number of rotatable bonds is 21. The van der Waals surface area contributed by atoms with Crippen LogP contribution < -0.4 is 0 Å². The quantitative estimate of drug-likeness (QED) is 0.114. The predicted molar refractivity (Wildman–Crippen MR) is 126 cm³/mol. The van der Waals surface area contributed by atoms with Gasteiger partial charge in [0, 0.05) is 18.1 Å². The first-order valence-electron chi connectivity index (χ1n) is 12.3. The first kappa shape index (κ1) is 32.1. The van der Waals surface area contributed by atoms with E-state index in [1.54, 1.807) is 13.8 Å². The number of nitrogens with zero attached hydrogens (tertiary/aromatic N) is 1. The van der Waals surface area contributed by atoms with Crippen molar-refractivity contribution >= 4 is 41.5 Å². The van der Waals surface area contributed by atoms with Gasteiger partial charge >= 0.3 is 41.5 Å². The maximum absolute atomic E-state index is 11.4. The van der Waals surface area contributed by atoms with Gasteiger partial charge in [-0.15, -0.1) is 0 Å². The molecular formula is C24H48NNaO4. The van der Waals surface area contributed by atoms with Gasteiger partial charge in [0.2, 0.25) is 0 Å². The number of hydrogen-bond donors (Lipinski definition) is 0. The van der Waals surface area contributed by atoms with Crippen LogP contribution in [0.15, 0.2) is 0 Å². The van der Waals surface area contributed by atoms with Crippen LogP contribution in [-0.2, 0) is 19.3 Å². The van der Waals surface area contributed by atoms with Gasteiger partial charge in [-0.1, -0.05) is 117 Å². The van der Waals surface area contributed by atoms with Gasteiger partial charge in [0.1, 0.15) is 0 Å². The Bertz CT molecular complexity index is 375. The second kappa shape index (κ2) is 25.2. The first-order chi connectivity index (χ1) is 14.1. The Morgan fingerprint density at radius 3 is 1.13 bits per heavy atom. The summed E-state index contributed by atoms with van der Waals surface area (Å²) in [6.07, 6.45) is 21.5. The van der Waals surface area contributed by atoms with Crippen LogP contribution in [0.2, 0.25) is 0 Å². The average Bonchev–Trinajstić information content (AvgIpc) is 2.72. The Hall–Kier alpha value is -0.100. The minimum atomic E-state index is -0.384. The van der Waals surface area contributed by atoms with Gasteiger partial charge in [0.25, 0.3) is 0 Å². The normalized spacial score (nSPS) is 10.7. The molecule has 0 unspecified atom stereocenters. The average molecular weight is 438 g/mol. The van der Waals surface area contributed by atoms with Gasteiger partial charge in [0.15, 0.2) is 0 Å². The first-order valence-corrected chi connectivity index (χ1v) is 12.3. The summed E-state index contributed by atoms with van der Waals surface area (Å²) < 4.78 is 0. The Morgan fingerprint density at radius 1 is 0.533 bits per heavy atom. The van der Waals surface area contributed by atoms with Crippen molar-refractivity contribution in [2.75, 3.05) is 6.54 Å². The molecule has 0 aliphatic heterocycles. The molecule has 0 spiro atoms. The monoisotopic (exact) mass is 437 g/mol. The molecule has 0 aromatic rings. The van der Waals surface area contributed by atoms with Gasteiger partial charge in [-0.05, 0) is 6.42 Å². The van der Waals surface area contributed by atoms with Crippen LogP contribution in [0.5, 0.6) is 0 Å². The summed E-state index contributed by atoms with van der Waals surface area (Å²) in [6, 6.07) is 0. The van der Waals surface area contributed by atoms with Crippen LogP contribution >= 0.6 is 0 Å². The Morgan fingerprint density at radius 2 is 0.833 bits per heavy atom. The maximum atomic E-state index is 11.4. The van der Waals surface area contributed by atoms with E-state index in [4.69, 9.17) is 9.68 Å². The van der Waals surface area contributed by atoms with Crippen LogP contribution in [0.25, 0.3) is 0 Å². The fourth-order valence-corrected chi connectivity index (χ4v) is 3.26. The van der Waals surface area contributed by atoms with Gasteiger partial charge in [-0.2, -0.15) is 0 Å². The van der Waals surface area contributed by atoms with Crippen molar-refractivity contribution in [2.24, 2.45) is 0 Å². The second-order valence-electron chi connectivity index (χ2n) is 7.99. The van der Waals surface area contributed by atoms with E-state index >= 15 is 0 Å². The van der Waals surface area contributed by atoms with Crippen molar-refractivity contribution in [1.29, 1.82) is 0 Å². The van der Waals surface area contributed by atoms with Gasteiger partial charge < -0.3 is 9.68 Å². The van der Waals surface area contributed by atoms with E-state index in [1.165, 1.54) is 89.9 Å². The molecule has 0 rings (SSSR count). The summed E-state index contributed by atoms with van der Waals surface area (Å²) in [6.45, 7) is 6.15.